The first-order valence-corrected chi connectivity index (χ1v) is 13.5. The van der Waals surface area contributed by atoms with Gasteiger partial charge < -0.3 is 4.12 Å². The van der Waals surface area contributed by atoms with Crippen LogP contribution in [-0.4, -0.2) is 16.6 Å². The van der Waals surface area contributed by atoms with Crippen molar-refractivity contribution in [3.8, 4) is 24.7 Å². The van der Waals surface area contributed by atoms with Crippen LogP contribution in [0.25, 0.3) is 0 Å². The van der Waals surface area contributed by atoms with Crippen LogP contribution in [0.15, 0.2) is 48.5 Å². The largest absolute Gasteiger partial charge is 0.449 e. The first-order valence-electron chi connectivity index (χ1n) is 7.64. The van der Waals surface area contributed by atoms with Gasteiger partial charge >= 0.3 is 0 Å². The van der Waals surface area contributed by atoms with Crippen LogP contribution in [0.1, 0.15) is 11.1 Å². The molecule has 0 spiro atoms. The highest BCUT2D eigenvalue weighted by molar-refractivity contribution is 6.97. The highest BCUT2D eigenvalue weighted by atomic mass is 28.4. The van der Waals surface area contributed by atoms with Gasteiger partial charge in [0, 0.05) is 11.1 Å². The van der Waals surface area contributed by atoms with Crippen molar-refractivity contribution in [2.75, 3.05) is 0 Å². The molecule has 0 aliphatic heterocycles. The average molecular weight is 335 g/mol. The zero-order chi connectivity index (χ0) is 17.1. The second-order valence-corrected chi connectivity index (χ2v) is 14.4. The topological polar surface area (TPSA) is 9.23 Å². The molecule has 0 unspecified atom stereocenters. The highest BCUT2D eigenvalue weighted by Crippen LogP contribution is 2.17. The summed E-state index contributed by atoms with van der Waals surface area (Å²) in [6.45, 7) is 8.82. The second-order valence-electron chi connectivity index (χ2n) is 6.50. The maximum Gasteiger partial charge on any atom is 0.207 e. The van der Waals surface area contributed by atoms with E-state index in [1.807, 2.05) is 36.4 Å². The van der Waals surface area contributed by atoms with Gasteiger partial charge in [-0.25, -0.2) is 0 Å². The predicted molar refractivity (Wildman–Crippen MR) is 104 cm³/mol. The van der Waals surface area contributed by atoms with E-state index < -0.39 is 16.6 Å². The lowest BCUT2D eigenvalue weighted by Crippen LogP contribution is -2.58. The van der Waals surface area contributed by atoms with E-state index in [0.717, 1.165) is 11.1 Å². The van der Waals surface area contributed by atoms with Crippen molar-refractivity contribution >= 4 is 27.0 Å². The van der Waals surface area contributed by atoms with Crippen LogP contribution < -0.4 is 10.4 Å². The molecule has 0 radical (unpaired) electrons. The van der Waals surface area contributed by atoms with Crippen molar-refractivity contribution in [1.29, 1.82) is 0 Å². The molecule has 0 bridgehead atoms. The fourth-order valence-electron chi connectivity index (χ4n) is 3.02. The summed E-state index contributed by atoms with van der Waals surface area (Å²) >= 11 is 0. The molecule has 3 heteroatoms. The van der Waals surface area contributed by atoms with Crippen LogP contribution >= 0.6 is 0 Å². The summed E-state index contributed by atoms with van der Waals surface area (Å²) in [6, 6.07) is 16.2. The van der Waals surface area contributed by atoms with Crippen molar-refractivity contribution < 1.29 is 4.12 Å². The lowest BCUT2D eigenvalue weighted by atomic mass is 10.2. The third-order valence-electron chi connectivity index (χ3n) is 3.97. The molecule has 0 saturated heterocycles. The van der Waals surface area contributed by atoms with Gasteiger partial charge in [0.15, 0.2) is 0 Å². The fraction of sp³-hybridized carbons (Fsp3) is 0.200. The Kier molecular flexibility index (Phi) is 4.97. The molecule has 0 aliphatic carbocycles. The molecule has 0 aromatic heterocycles. The van der Waals surface area contributed by atoms with Crippen molar-refractivity contribution in [1.82, 2.24) is 0 Å². The minimum absolute atomic E-state index is 0.930. The summed E-state index contributed by atoms with van der Waals surface area (Å²) < 4.78 is 6.77. The van der Waals surface area contributed by atoms with Gasteiger partial charge in [-0.3, -0.25) is 0 Å². The first-order chi connectivity index (χ1) is 10.8. The van der Waals surface area contributed by atoms with Crippen LogP contribution in [0.3, 0.4) is 0 Å². The summed E-state index contributed by atoms with van der Waals surface area (Å²) in [6.07, 6.45) is 11.3. The monoisotopic (exact) mass is 334 g/mol. The minimum Gasteiger partial charge on any atom is -0.449 e. The number of terminal acetylenes is 2. The molecule has 0 heterocycles. The molecule has 2 aromatic rings. The predicted octanol–water partition coefficient (Wildman–Crippen LogP) is 3.19. The Morgan fingerprint density at radius 3 is 1.39 bits per heavy atom. The maximum absolute atomic E-state index is 6.77. The van der Waals surface area contributed by atoms with Crippen LogP contribution in [-0.2, 0) is 4.12 Å². The first kappa shape index (κ1) is 17.3. The normalized spacial score (nSPS) is 11.6. The van der Waals surface area contributed by atoms with Gasteiger partial charge in [0.2, 0.25) is 16.6 Å². The van der Waals surface area contributed by atoms with Crippen LogP contribution in [0, 0.1) is 24.7 Å². The van der Waals surface area contributed by atoms with Crippen molar-refractivity contribution in [2.24, 2.45) is 0 Å². The van der Waals surface area contributed by atoms with E-state index in [2.05, 4.69) is 50.2 Å². The average Bonchev–Trinajstić information content (AvgIpc) is 2.53. The molecular formula is C20H22OSi2. The van der Waals surface area contributed by atoms with Gasteiger partial charge in [-0.1, -0.05) is 48.2 Å². The number of hydrogen-bond acceptors (Lipinski definition) is 1. The Labute approximate surface area is 142 Å². The molecule has 116 valence electrons. The molecule has 0 amide bonds. The van der Waals surface area contributed by atoms with E-state index in [9.17, 15) is 0 Å². The van der Waals surface area contributed by atoms with Gasteiger partial charge in [0.1, 0.15) is 0 Å². The molecule has 0 aliphatic rings. The number of rotatable bonds is 4. The maximum atomic E-state index is 6.77. The van der Waals surface area contributed by atoms with E-state index in [1.165, 1.54) is 10.4 Å². The van der Waals surface area contributed by atoms with Crippen molar-refractivity contribution in [3.05, 3.63) is 59.7 Å². The van der Waals surface area contributed by atoms with E-state index >= 15 is 0 Å². The Bertz CT molecular complexity index is 724. The number of hydrogen-bond donors (Lipinski definition) is 0. The number of benzene rings is 2. The molecule has 0 saturated carbocycles. The molecular weight excluding hydrogens is 312 g/mol. The van der Waals surface area contributed by atoms with E-state index in [0.29, 0.717) is 0 Å². The SMILES string of the molecule is C#Cc1ccccc1[Si](C)(C)O[Si](C)(C)c1ccccc1C#C. The van der Waals surface area contributed by atoms with Gasteiger partial charge in [-0.05, 0) is 48.7 Å². The van der Waals surface area contributed by atoms with Crippen LogP contribution in [0.5, 0.6) is 0 Å². The smallest absolute Gasteiger partial charge is 0.207 e. The lowest BCUT2D eigenvalue weighted by molar-refractivity contribution is 0.573. The summed E-state index contributed by atoms with van der Waals surface area (Å²) in [4.78, 5) is 0. The van der Waals surface area contributed by atoms with Gasteiger partial charge in [0.25, 0.3) is 0 Å². The van der Waals surface area contributed by atoms with Crippen molar-refractivity contribution in [2.45, 2.75) is 26.2 Å². The Hall–Kier alpha value is -2.05. The zero-order valence-electron chi connectivity index (χ0n) is 14.2. The summed E-state index contributed by atoms with van der Waals surface area (Å²) in [5.74, 6) is 5.58. The standard InChI is InChI=1S/C20H22OSi2/c1-7-17-13-9-11-15-19(17)22(3,4)21-23(5,6)20-16-12-10-14-18(20)8-2/h1-2,9-16H,3-6H3. The van der Waals surface area contributed by atoms with Gasteiger partial charge in [-0.15, -0.1) is 12.8 Å². The van der Waals surface area contributed by atoms with E-state index in [4.69, 9.17) is 17.0 Å². The third kappa shape index (κ3) is 3.65. The minimum atomic E-state index is -2.15. The molecule has 0 fully saturated rings. The summed E-state index contributed by atoms with van der Waals surface area (Å²) in [5.41, 5.74) is 1.86. The summed E-state index contributed by atoms with van der Waals surface area (Å²) in [5, 5.41) is 2.34. The van der Waals surface area contributed by atoms with Gasteiger partial charge in [0.05, 0.1) is 0 Å². The third-order valence-corrected chi connectivity index (χ3v) is 11.5. The van der Waals surface area contributed by atoms with E-state index in [-0.39, 0.29) is 0 Å². The van der Waals surface area contributed by atoms with Crippen LogP contribution in [0.2, 0.25) is 26.2 Å². The summed E-state index contributed by atoms with van der Waals surface area (Å²) in [7, 11) is -4.30. The van der Waals surface area contributed by atoms with Crippen LogP contribution in [0.4, 0.5) is 0 Å². The molecule has 2 aromatic carbocycles. The molecule has 0 N–H and O–H groups in total. The van der Waals surface area contributed by atoms with Gasteiger partial charge in [-0.2, -0.15) is 0 Å². The quantitative estimate of drug-likeness (QED) is 0.616. The zero-order valence-corrected chi connectivity index (χ0v) is 16.2. The molecule has 1 nitrogen and oxygen atoms in total. The molecule has 2 rings (SSSR count). The Morgan fingerprint density at radius 1 is 0.696 bits per heavy atom. The molecule has 23 heavy (non-hydrogen) atoms. The molecule has 0 atom stereocenters. The highest BCUT2D eigenvalue weighted by Gasteiger charge is 2.37. The second kappa shape index (κ2) is 6.60. The Morgan fingerprint density at radius 2 is 1.04 bits per heavy atom. The van der Waals surface area contributed by atoms with E-state index in [1.54, 1.807) is 0 Å². The lowest BCUT2D eigenvalue weighted by Gasteiger charge is -2.35. The Balaban J connectivity index is 2.43. The van der Waals surface area contributed by atoms with Crippen molar-refractivity contribution in [3.63, 3.8) is 0 Å². The fourth-order valence-corrected chi connectivity index (χ4v) is 11.6.